The van der Waals surface area contributed by atoms with Gasteiger partial charge in [0.15, 0.2) is 5.82 Å². The summed E-state index contributed by atoms with van der Waals surface area (Å²) in [6.45, 7) is 1.67. The Morgan fingerprint density at radius 3 is 2.59 bits per heavy atom. The summed E-state index contributed by atoms with van der Waals surface area (Å²) in [6, 6.07) is 2.69. The fraction of sp³-hybridized carbons (Fsp3) is 0.435. The summed E-state index contributed by atoms with van der Waals surface area (Å²) in [6.07, 6.45) is 3.85. The quantitative estimate of drug-likeness (QED) is 0.539. The van der Waals surface area contributed by atoms with Gasteiger partial charge in [-0.3, -0.25) is 9.36 Å². The van der Waals surface area contributed by atoms with Crippen LogP contribution in [0.5, 0.6) is 5.88 Å². The predicted octanol–water partition coefficient (Wildman–Crippen LogP) is 2.57. The molecule has 1 fully saturated rings. The molecule has 0 saturated heterocycles. The van der Waals surface area contributed by atoms with Gasteiger partial charge in [0.05, 0.1) is 26.0 Å². The van der Waals surface area contributed by atoms with Crippen molar-refractivity contribution in [3.8, 4) is 17.0 Å². The molecular weight excluding hydrogens is 445 g/mol. The lowest BCUT2D eigenvalue weighted by molar-refractivity contribution is -0.148. The Balaban J connectivity index is 1.75. The second-order valence-corrected chi connectivity index (χ2v) is 8.17. The molecule has 0 bridgehead atoms. The minimum absolute atomic E-state index is 0.0677. The van der Waals surface area contributed by atoms with Crippen LogP contribution in [0.1, 0.15) is 37.4 Å². The third kappa shape index (κ3) is 4.56. The van der Waals surface area contributed by atoms with Gasteiger partial charge in [0.2, 0.25) is 11.8 Å². The summed E-state index contributed by atoms with van der Waals surface area (Å²) < 4.78 is 31.2. The van der Waals surface area contributed by atoms with Gasteiger partial charge in [0.25, 0.3) is 5.56 Å². The van der Waals surface area contributed by atoms with E-state index in [9.17, 15) is 14.0 Å². The molecule has 11 heteroatoms. The Morgan fingerprint density at radius 2 is 1.94 bits per heavy atom. The van der Waals surface area contributed by atoms with Gasteiger partial charge in [-0.25, -0.2) is 19.2 Å². The first-order chi connectivity index (χ1) is 16.3. The molecule has 1 aliphatic carbocycles. The van der Waals surface area contributed by atoms with E-state index >= 15 is 0 Å². The van der Waals surface area contributed by atoms with Crippen LogP contribution < -0.4 is 16.0 Å². The van der Waals surface area contributed by atoms with Crippen molar-refractivity contribution < 1.29 is 23.4 Å². The van der Waals surface area contributed by atoms with Gasteiger partial charge in [-0.1, -0.05) is 0 Å². The average Bonchev–Trinajstić information content (AvgIpc) is 2.82. The zero-order chi connectivity index (χ0) is 24.4. The predicted molar refractivity (Wildman–Crippen MR) is 122 cm³/mol. The number of pyridine rings is 2. The van der Waals surface area contributed by atoms with E-state index in [0.29, 0.717) is 48.0 Å². The number of ether oxygens (including phenoxy) is 3. The summed E-state index contributed by atoms with van der Waals surface area (Å²) >= 11 is 0. The van der Waals surface area contributed by atoms with Crippen LogP contribution >= 0.6 is 0 Å². The van der Waals surface area contributed by atoms with Crippen molar-refractivity contribution >= 4 is 23.0 Å². The minimum atomic E-state index is -0.667. The van der Waals surface area contributed by atoms with Crippen molar-refractivity contribution in [2.75, 3.05) is 26.6 Å². The Bertz CT molecular complexity index is 1290. The van der Waals surface area contributed by atoms with Gasteiger partial charge in [-0.15, -0.1) is 0 Å². The molecule has 10 nitrogen and oxygen atoms in total. The summed E-state index contributed by atoms with van der Waals surface area (Å²) in [5, 5.41) is 0.643. The van der Waals surface area contributed by atoms with Gasteiger partial charge < -0.3 is 19.9 Å². The third-order valence-corrected chi connectivity index (χ3v) is 6.08. The summed E-state index contributed by atoms with van der Waals surface area (Å²) in [5.74, 6) is -1.18. The number of hydrogen-bond donors (Lipinski definition) is 1. The number of aryl methyl sites for hydroxylation is 1. The Kier molecular flexibility index (Phi) is 6.73. The molecule has 34 heavy (non-hydrogen) atoms. The first-order valence-corrected chi connectivity index (χ1v) is 10.9. The highest BCUT2D eigenvalue weighted by molar-refractivity contribution is 5.84. The molecule has 180 valence electrons. The first kappa shape index (κ1) is 23.6. The maximum Gasteiger partial charge on any atom is 0.331 e. The number of carbonyl (C=O) groups is 1. The Hall–Kier alpha value is -3.60. The van der Waals surface area contributed by atoms with Crippen molar-refractivity contribution in [3.63, 3.8) is 0 Å². The standard InChI is InChI=1S/C23H26FN5O5/c1-12-16-9-17(13-8-18(24)21(33-3)26-10-13)22(31)29(20(16)28-23(25)27-12)14-4-6-15(7-5-14)34-11-19(30)32-2/h8-10,14-15H,4-7,11H2,1-3H3,(H2,25,27,28)/t14-,15-. The van der Waals surface area contributed by atoms with Crippen molar-refractivity contribution in [2.45, 2.75) is 44.8 Å². The van der Waals surface area contributed by atoms with Crippen molar-refractivity contribution in [1.29, 1.82) is 0 Å². The van der Waals surface area contributed by atoms with E-state index in [1.807, 2.05) is 0 Å². The molecule has 0 unspecified atom stereocenters. The highest BCUT2D eigenvalue weighted by Crippen LogP contribution is 2.33. The van der Waals surface area contributed by atoms with E-state index in [4.69, 9.17) is 15.2 Å². The molecule has 3 aromatic rings. The van der Waals surface area contributed by atoms with Gasteiger partial charge >= 0.3 is 5.97 Å². The molecule has 2 N–H and O–H groups in total. The number of nitrogen functional groups attached to an aromatic ring is 1. The maximum absolute atomic E-state index is 14.4. The van der Waals surface area contributed by atoms with E-state index in [2.05, 4.69) is 19.7 Å². The largest absolute Gasteiger partial charge is 0.479 e. The minimum Gasteiger partial charge on any atom is -0.479 e. The van der Waals surface area contributed by atoms with Crippen LogP contribution in [-0.2, 0) is 14.3 Å². The van der Waals surface area contributed by atoms with Gasteiger partial charge in [0, 0.05) is 28.8 Å². The summed E-state index contributed by atoms with van der Waals surface area (Å²) in [5.41, 5.74) is 7.22. The number of aromatic nitrogens is 4. The smallest absolute Gasteiger partial charge is 0.331 e. The van der Waals surface area contributed by atoms with E-state index < -0.39 is 11.8 Å². The SMILES string of the molecule is COC(=O)CO[C@H]1CC[C@H](n2c(=O)c(-c3cnc(OC)c(F)c3)cc3c(C)nc(N)nc32)CC1. The zero-order valence-electron chi connectivity index (χ0n) is 19.2. The summed E-state index contributed by atoms with van der Waals surface area (Å²) in [7, 11) is 2.64. The number of nitrogens with two attached hydrogens (primary N) is 1. The number of hydrogen-bond acceptors (Lipinski definition) is 9. The molecule has 0 spiro atoms. The van der Waals surface area contributed by atoms with E-state index in [1.54, 1.807) is 17.6 Å². The molecule has 0 aliphatic heterocycles. The monoisotopic (exact) mass is 471 g/mol. The normalized spacial score (nSPS) is 18.1. The second-order valence-electron chi connectivity index (χ2n) is 8.17. The Morgan fingerprint density at radius 1 is 1.21 bits per heavy atom. The van der Waals surface area contributed by atoms with Crippen LogP contribution in [0, 0.1) is 12.7 Å². The van der Waals surface area contributed by atoms with Crippen molar-refractivity contribution in [3.05, 3.63) is 40.2 Å². The van der Waals surface area contributed by atoms with E-state index in [-0.39, 0.29) is 41.7 Å². The second kappa shape index (κ2) is 9.72. The number of esters is 1. The molecule has 0 aromatic carbocycles. The number of anilines is 1. The lowest BCUT2D eigenvalue weighted by Gasteiger charge is -2.30. The highest BCUT2D eigenvalue weighted by atomic mass is 19.1. The topological polar surface area (TPSA) is 131 Å². The molecule has 3 aromatic heterocycles. The fourth-order valence-corrected chi connectivity index (χ4v) is 4.36. The molecule has 1 aliphatic rings. The van der Waals surface area contributed by atoms with Gasteiger partial charge in [-0.05, 0) is 44.7 Å². The summed E-state index contributed by atoms with van der Waals surface area (Å²) in [4.78, 5) is 37.6. The van der Waals surface area contributed by atoms with Crippen LogP contribution in [0.2, 0.25) is 0 Å². The molecular formula is C23H26FN5O5. The third-order valence-electron chi connectivity index (χ3n) is 6.08. The number of methoxy groups -OCH3 is 2. The zero-order valence-corrected chi connectivity index (χ0v) is 19.2. The van der Waals surface area contributed by atoms with E-state index in [1.165, 1.54) is 26.5 Å². The van der Waals surface area contributed by atoms with Crippen LogP contribution in [-0.4, -0.2) is 52.4 Å². The van der Waals surface area contributed by atoms with Crippen LogP contribution in [0.15, 0.2) is 23.1 Å². The molecule has 0 amide bonds. The number of halogens is 1. The van der Waals surface area contributed by atoms with Crippen LogP contribution in [0.3, 0.4) is 0 Å². The number of rotatable bonds is 6. The number of carbonyl (C=O) groups excluding carboxylic acids is 1. The van der Waals surface area contributed by atoms with Crippen LogP contribution in [0.25, 0.3) is 22.2 Å². The number of nitrogens with zero attached hydrogens (tertiary/aromatic N) is 4. The molecule has 0 atom stereocenters. The molecule has 1 saturated carbocycles. The van der Waals surface area contributed by atoms with Crippen molar-refractivity contribution in [2.24, 2.45) is 0 Å². The highest BCUT2D eigenvalue weighted by Gasteiger charge is 2.27. The Labute approximate surface area is 194 Å². The lowest BCUT2D eigenvalue weighted by Crippen LogP contribution is -2.32. The average molecular weight is 471 g/mol. The molecule has 3 heterocycles. The molecule has 4 rings (SSSR count). The lowest BCUT2D eigenvalue weighted by atomic mass is 9.92. The van der Waals surface area contributed by atoms with Gasteiger partial charge in [0.1, 0.15) is 12.3 Å². The van der Waals surface area contributed by atoms with Gasteiger partial charge in [-0.2, -0.15) is 4.98 Å². The van der Waals surface area contributed by atoms with Crippen LogP contribution in [0.4, 0.5) is 10.3 Å². The number of fused-ring (bicyclic) bond motifs is 1. The van der Waals surface area contributed by atoms with E-state index in [0.717, 1.165) is 0 Å². The first-order valence-electron chi connectivity index (χ1n) is 10.9. The fourth-order valence-electron chi connectivity index (χ4n) is 4.36. The van der Waals surface area contributed by atoms with Crippen molar-refractivity contribution in [1.82, 2.24) is 19.5 Å². The molecule has 0 radical (unpaired) electrons. The maximum atomic E-state index is 14.4.